The minimum absolute atomic E-state index is 0.277. The Labute approximate surface area is 116 Å². The second kappa shape index (κ2) is 6.00. The van der Waals surface area contributed by atoms with Crippen molar-refractivity contribution < 1.29 is 18.9 Å². The summed E-state index contributed by atoms with van der Waals surface area (Å²) < 4.78 is 12.9. The SMILES string of the molecule is C[C@@H](C(=O)NC(N)=O)[NH+](Cc1ccc(F)cc1)C1CC1. The molecule has 20 heavy (non-hydrogen) atoms. The van der Waals surface area contributed by atoms with Gasteiger partial charge in [0.15, 0.2) is 6.04 Å². The van der Waals surface area contributed by atoms with Crippen LogP contribution in [0.3, 0.4) is 0 Å². The van der Waals surface area contributed by atoms with E-state index in [-0.39, 0.29) is 17.8 Å². The Balaban J connectivity index is 2.05. The van der Waals surface area contributed by atoms with Gasteiger partial charge in [-0.2, -0.15) is 0 Å². The highest BCUT2D eigenvalue weighted by Crippen LogP contribution is 2.16. The van der Waals surface area contributed by atoms with E-state index in [9.17, 15) is 14.0 Å². The molecule has 4 N–H and O–H groups in total. The Hall–Kier alpha value is -1.95. The van der Waals surface area contributed by atoms with Gasteiger partial charge in [-0.25, -0.2) is 9.18 Å². The summed E-state index contributed by atoms with van der Waals surface area (Å²) in [5.74, 6) is -0.650. The molecule has 5 nitrogen and oxygen atoms in total. The molecule has 1 aromatic rings. The molecular formula is C14H19FN3O2+. The van der Waals surface area contributed by atoms with Crippen LogP contribution in [-0.2, 0) is 11.3 Å². The van der Waals surface area contributed by atoms with E-state index in [0.717, 1.165) is 23.3 Å². The van der Waals surface area contributed by atoms with Gasteiger partial charge in [0.25, 0.3) is 5.91 Å². The highest BCUT2D eigenvalue weighted by atomic mass is 19.1. The summed E-state index contributed by atoms with van der Waals surface area (Å²) in [5, 5.41) is 2.12. The highest BCUT2D eigenvalue weighted by Gasteiger charge is 2.39. The molecule has 2 atom stereocenters. The number of hydrogen-bond donors (Lipinski definition) is 3. The normalized spacial score (nSPS) is 17.3. The van der Waals surface area contributed by atoms with Gasteiger partial charge in [-0.15, -0.1) is 0 Å². The Bertz CT molecular complexity index is 500. The van der Waals surface area contributed by atoms with Crippen molar-refractivity contribution in [1.29, 1.82) is 0 Å². The standard InChI is InChI=1S/C14H18FN3O2/c1-9(13(19)17-14(16)20)18(12-6-7-12)8-10-2-4-11(15)5-3-10/h2-5,9,12H,6-8H2,1H3,(H3,16,17,19,20)/p+1/t9-/m0/s1. The van der Waals surface area contributed by atoms with Gasteiger partial charge in [0.05, 0.1) is 6.04 Å². The number of urea groups is 1. The first-order chi connectivity index (χ1) is 9.47. The minimum atomic E-state index is -0.834. The molecular weight excluding hydrogens is 261 g/mol. The second-order valence-corrected chi connectivity index (χ2v) is 5.23. The summed E-state index contributed by atoms with van der Waals surface area (Å²) in [6.45, 7) is 2.40. The van der Waals surface area contributed by atoms with E-state index in [1.165, 1.54) is 12.1 Å². The lowest BCUT2D eigenvalue weighted by Crippen LogP contribution is -3.16. The Morgan fingerprint density at radius 3 is 2.50 bits per heavy atom. The van der Waals surface area contributed by atoms with Gasteiger partial charge < -0.3 is 10.6 Å². The van der Waals surface area contributed by atoms with Gasteiger partial charge in [0.2, 0.25) is 0 Å². The lowest BCUT2D eigenvalue weighted by Gasteiger charge is -2.25. The maximum Gasteiger partial charge on any atom is 0.319 e. The summed E-state index contributed by atoms with van der Waals surface area (Å²) in [7, 11) is 0. The third kappa shape index (κ3) is 3.77. The first-order valence-corrected chi connectivity index (χ1v) is 6.67. The average molecular weight is 280 g/mol. The second-order valence-electron chi connectivity index (χ2n) is 5.23. The van der Waals surface area contributed by atoms with E-state index in [0.29, 0.717) is 12.6 Å². The third-order valence-corrected chi connectivity index (χ3v) is 3.62. The first-order valence-electron chi connectivity index (χ1n) is 6.67. The van der Waals surface area contributed by atoms with E-state index in [4.69, 9.17) is 5.73 Å². The van der Waals surface area contributed by atoms with Crippen LogP contribution >= 0.6 is 0 Å². The van der Waals surface area contributed by atoms with Crippen molar-refractivity contribution in [3.8, 4) is 0 Å². The average Bonchev–Trinajstić information content (AvgIpc) is 3.21. The highest BCUT2D eigenvalue weighted by molar-refractivity contribution is 5.95. The number of imide groups is 1. The number of nitrogens with one attached hydrogen (secondary N) is 2. The number of carbonyl (C=O) groups excluding carboxylic acids is 2. The molecule has 1 fully saturated rings. The molecule has 0 heterocycles. The van der Waals surface area contributed by atoms with Crippen LogP contribution in [-0.4, -0.2) is 24.0 Å². The van der Waals surface area contributed by atoms with E-state index >= 15 is 0 Å². The largest absolute Gasteiger partial charge is 0.351 e. The molecule has 6 heteroatoms. The van der Waals surface area contributed by atoms with Crippen molar-refractivity contribution in [2.24, 2.45) is 5.73 Å². The maximum absolute atomic E-state index is 12.9. The maximum atomic E-state index is 12.9. The van der Waals surface area contributed by atoms with Crippen molar-refractivity contribution in [3.05, 3.63) is 35.6 Å². The fourth-order valence-corrected chi connectivity index (χ4v) is 2.34. The molecule has 0 aliphatic heterocycles. The number of nitrogens with two attached hydrogens (primary N) is 1. The molecule has 108 valence electrons. The van der Waals surface area contributed by atoms with E-state index in [1.54, 1.807) is 19.1 Å². The van der Waals surface area contributed by atoms with Crippen molar-refractivity contribution in [2.75, 3.05) is 0 Å². The summed E-state index contributed by atoms with van der Waals surface area (Å²) >= 11 is 0. The monoisotopic (exact) mass is 280 g/mol. The van der Waals surface area contributed by atoms with Crippen LogP contribution in [0.5, 0.6) is 0 Å². The zero-order valence-electron chi connectivity index (χ0n) is 11.4. The number of benzene rings is 1. The fourth-order valence-electron chi connectivity index (χ4n) is 2.34. The van der Waals surface area contributed by atoms with Crippen LogP contribution in [0.15, 0.2) is 24.3 Å². The third-order valence-electron chi connectivity index (χ3n) is 3.62. The molecule has 1 aliphatic carbocycles. The summed E-state index contributed by atoms with van der Waals surface area (Å²) in [6, 6.07) is 5.46. The number of hydrogen-bond acceptors (Lipinski definition) is 2. The molecule has 0 saturated heterocycles. The van der Waals surface area contributed by atoms with Crippen LogP contribution in [0.1, 0.15) is 25.3 Å². The van der Waals surface area contributed by atoms with Crippen LogP contribution in [0, 0.1) is 5.82 Å². The predicted octanol–water partition coefficient (Wildman–Crippen LogP) is -0.0436. The molecule has 1 aromatic carbocycles. The number of halogens is 1. The van der Waals surface area contributed by atoms with Crippen LogP contribution < -0.4 is 16.0 Å². The van der Waals surface area contributed by atoms with Crippen molar-refractivity contribution in [2.45, 2.75) is 38.4 Å². The lowest BCUT2D eigenvalue weighted by atomic mass is 10.1. The number of carbonyl (C=O) groups is 2. The summed E-state index contributed by atoms with van der Waals surface area (Å²) in [5.41, 5.74) is 5.94. The van der Waals surface area contributed by atoms with Crippen molar-refractivity contribution in [3.63, 3.8) is 0 Å². The quantitative estimate of drug-likeness (QED) is 0.707. The van der Waals surface area contributed by atoms with Gasteiger partial charge in [0, 0.05) is 18.4 Å². The molecule has 0 bridgehead atoms. The van der Waals surface area contributed by atoms with Gasteiger partial charge in [0.1, 0.15) is 12.4 Å². The molecule has 1 saturated carbocycles. The predicted molar refractivity (Wildman–Crippen MR) is 71.3 cm³/mol. The minimum Gasteiger partial charge on any atom is -0.351 e. The van der Waals surface area contributed by atoms with Gasteiger partial charge in [-0.1, -0.05) is 12.1 Å². The van der Waals surface area contributed by atoms with Crippen molar-refractivity contribution in [1.82, 2.24) is 5.32 Å². The molecule has 0 radical (unpaired) electrons. The van der Waals surface area contributed by atoms with E-state index in [2.05, 4.69) is 5.32 Å². The van der Waals surface area contributed by atoms with Gasteiger partial charge >= 0.3 is 6.03 Å². The number of primary amides is 1. The van der Waals surface area contributed by atoms with E-state index < -0.39 is 6.03 Å². The first kappa shape index (κ1) is 14.5. The molecule has 3 amide bonds. The van der Waals surface area contributed by atoms with Crippen LogP contribution in [0.2, 0.25) is 0 Å². The Morgan fingerprint density at radius 2 is 2.00 bits per heavy atom. The molecule has 1 aliphatic rings. The fraction of sp³-hybridized carbons (Fsp3) is 0.429. The summed E-state index contributed by atoms with van der Waals surface area (Å²) in [6.07, 6.45) is 2.12. The van der Waals surface area contributed by atoms with E-state index in [1.807, 2.05) is 0 Å². The molecule has 2 rings (SSSR count). The number of quaternary nitrogens is 1. The van der Waals surface area contributed by atoms with Crippen LogP contribution in [0.4, 0.5) is 9.18 Å². The van der Waals surface area contributed by atoms with Crippen molar-refractivity contribution >= 4 is 11.9 Å². The number of amides is 3. The molecule has 0 spiro atoms. The molecule has 1 unspecified atom stereocenters. The summed E-state index contributed by atoms with van der Waals surface area (Å²) in [4.78, 5) is 23.7. The molecule has 0 aromatic heterocycles. The topological polar surface area (TPSA) is 76.6 Å². The Kier molecular flexibility index (Phi) is 4.34. The van der Waals surface area contributed by atoms with Gasteiger partial charge in [-0.3, -0.25) is 10.1 Å². The van der Waals surface area contributed by atoms with Gasteiger partial charge in [-0.05, 0) is 19.1 Å². The zero-order valence-corrected chi connectivity index (χ0v) is 11.4. The van der Waals surface area contributed by atoms with Crippen LogP contribution in [0.25, 0.3) is 0 Å². The zero-order chi connectivity index (χ0) is 14.7. The lowest BCUT2D eigenvalue weighted by molar-refractivity contribution is -0.938. The smallest absolute Gasteiger partial charge is 0.319 e. The number of rotatable bonds is 5. The Morgan fingerprint density at radius 1 is 1.40 bits per heavy atom.